The van der Waals surface area contributed by atoms with Gasteiger partial charge in [0, 0.05) is 16.7 Å². The number of pyridine rings is 1. The average Bonchev–Trinajstić information content (AvgIpc) is 3.11. The van der Waals surface area contributed by atoms with E-state index < -0.39 is 46.3 Å². The summed E-state index contributed by atoms with van der Waals surface area (Å²) in [5, 5.41) is 1.93. The van der Waals surface area contributed by atoms with Crippen molar-refractivity contribution < 1.29 is 27.2 Å². The molecule has 8 nitrogen and oxygen atoms in total. The Kier molecular flexibility index (Phi) is 6.43. The molecule has 0 unspecified atom stereocenters. The number of primary amides is 1. The molecule has 0 aliphatic rings. The van der Waals surface area contributed by atoms with Crippen molar-refractivity contribution >= 4 is 44.3 Å². The van der Waals surface area contributed by atoms with Crippen LogP contribution in [0.25, 0.3) is 16.6 Å². The van der Waals surface area contributed by atoms with E-state index in [9.17, 15) is 31.9 Å². The summed E-state index contributed by atoms with van der Waals surface area (Å²) in [5.41, 5.74) is 1.80. The van der Waals surface area contributed by atoms with Crippen molar-refractivity contribution in [1.29, 1.82) is 0 Å². The minimum absolute atomic E-state index is 0.102. The van der Waals surface area contributed by atoms with Crippen molar-refractivity contribution in [2.24, 2.45) is 5.73 Å². The molecule has 0 atom stereocenters. The first-order chi connectivity index (χ1) is 16.9. The predicted molar refractivity (Wildman–Crippen MR) is 127 cm³/mol. The van der Waals surface area contributed by atoms with E-state index in [0.717, 1.165) is 22.9 Å². The standard InChI is InChI=1S/C23H16BrF4N5O3/c1-2-32-19-15(22(36)33(32)13-6-3-11(24)4-7-13)10-17(23(26,27)28)31-18(19)21(35)30-12-5-8-16(25)14(9-12)20(29)34/h3-10H,2H2,1H3,(H2,29,34)(H,30,35). The second-order valence-corrected chi connectivity index (χ2v) is 8.49. The van der Waals surface area contributed by atoms with Gasteiger partial charge in [-0.1, -0.05) is 15.9 Å². The van der Waals surface area contributed by atoms with Crippen molar-refractivity contribution in [2.75, 3.05) is 5.32 Å². The van der Waals surface area contributed by atoms with Crippen molar-refractivity contribution in [1.82, 2.24) is 14.3 Å². The lowest BCUT2D eigenvalue weighted by Gasteiger charge is -2.14. The van der Waals surface area contributed by atoms with Crippen LogP contribution in [-0.2, 0) is 12.7 Å². The molecule has 4 rings (SSSR count). The first-order valence-corrected chi connectivity index (χ1v) is 11.1. The van der Waals surface area contributed by atoms with Crippen LogP contribution >= 0.6 is 15.9 Å². The molecule has 0 aliphatic heterocycles. The number of halogens is 5. The van der Waals surface area contributed by atoms with Gasteiger partial charge in [-0.05, 0) is 55.5 Å². The van der Waals surface area contributed by atoms with Crippen LogP contribution in [0.4, 0.5) is 23.2 Å². The number of amides is 2. The second kappa shape index (κ2) is 9.22. The number of carbonyl (C=O) groups excluding carboxylic acids is 2. The zero-order valence-electron chi connectivity index (χ0n) is 18.4. The topological polar surface area (TPSA) is 112 Å². The molecule has 13 heteroatoms. The van der Waals surface area contributed by atoms with Gasteiger partial charge in [0.15, 0.2) is 5.69 Å². The van der Waals surface area contributed by atoms with Gasteiger partial charge in [-0.25, -0.2) is 14.1 Å². The number of fused-ring (bicyclic) bond motifs is 1. The van der Waals surface area contributed by atoms with Crippen molar-refractivity contribution in [2.45, 2.75) is 19.6 Å². The Morgan fingerprint density at radius 3 is 2.36 bits per heavy atom. The summed E-state index contributed by atoms with van der Waals surface area (Å²) in [6, 6.07) is 9.98. The van der Waals surface area contributed by atoms with Gasteiger partial charge < -0.3 is 11.1 Å². The van der Waals surface area contributed by atoms with Gasteiger partial charge in [-0.15, -0.1) is 0 Å². The zero-order valence-corrected chi connectivity index (χ0v) is 19.9. The lowest BCUT2D eigenvalue weighted by molar-refractivity contribution is -0.141. The highest BCUT2D eigenvalue weighted by Gasteiger charge is 2.36. The number of nitrogens with two attached hydrogens (primary N) is 1. The van der Waals surface area contributed by atoms with Gasteiger partial charge in [-0.3, -0.25) is 19.1 Å². The SMILES string of the molecule is CCn1c2c(C(=O)Nc3ccc(F)c(C(N)=O)c3)nc(C(F)(F)F)cc2c(=O)n1-c1ccc(Br)cc1. The number of alkyl halides is 3. The van der Waals surface area contributed by atoms with Gasteiger partial charge in [0.05, 0.1) is 16.6 Å². The molecule has 4 aromatic rings. The molecule has 0 spiro atoms. The molecule has 0 bridgehead atoms. The maximum atomic E-state index is 13.8. The average molecular weight is 566 g/mol. The van der Waals surface area contributed by atoms with Gasteiger partial charge in [-0.2, -0.15) is 13.2 Å². The molecule has 2 heterocycles. The Balaban J connectivity index is 1.96. The number of nitrogens with one attached hydrogen (secondary N) is 1. The van der Waals surface area contributed by atoms with E-state index in [0.29, 0.717) is 16.2 Å². The Morgan fingerprint density at radius 2 is 1.78 bits per heavy atom. The third-order valence-corrected chi connectivity index (χ3v) is 5.81. The van der Waals surface area contributed by atoms with E-state index in [1.165, 1.54) is 4.68 Å². The zero-order chi connectivity index (χ0) is 26.4. The summed E-state index contributed by atoms with van der Waals surface area (Å²) in [5.74, 6) is -3.15. The molecular weight excluding hydrogens is 550 g/mol. The van der Waals surface area contributed by atoms with Crippen LogP contribution in [-0.4, -0.2) is 26.2 Å². The smallest absolute Gasteiger partial charge is 0.366 e. The van der Waals surface area contributed by atoms with Crippen LogP contribution in [0.5, 0.6) is 0 Å². The molecule has 0 aliphatic carbocycles. The van der Waals surface area contributed by atoms with E-state index in [-0.39, 0.29) is 23.1 Å². The Hall–Kier alpha value is -4.00. The molecule has 3 N–H and O–H groups in total. The van der Waals surface area contributed by atoms with Gasteiger partial charge >= 0.3 is 6.18 Å². The third kappa shape index (κ3) is 4.49. The van der Waals surface area contributed by atoms with E-state index in [4.69, 9.17) is 5.73 Å². The predicted octanol–water partition coefficient (Wildman–Crippen LogP) is 4.48. The molecule has 2 amide bonds. The number of benzene rings is 2. The largest absolute Gasteiger partial charge is 0.433 e. The Bertz CT molecular complexity index is 1580. The van der Waals surface area contributed by atoms with Gasteiger partial charge in [0.25, 0.3) is 17.4 Å². The normalized spacial score (nSPS) is 11.6. The van der Waals surface area contributed by atoms with Crippen molar-refractivity contribution in [3.63, 3.8) is 0 Å². The minimum atomic E-state index is -4.96. The summed E-state index contributed by atoms with van der Waals surface area (Å²) in [4.78, 5) is 41.4. The molecule has 2 aromatic carbocycles. The first kappa shape index (κ1) is 25.1. The third-order valence-electron chi connectivity index (χ3n) is 5.28. The van der Waals surface area contributed by atoms with Crippen LogP contribution in [0.2, 0.25) is 0 Å². The second-order valence-electron chi connectivity index (χ2n) is 7.57. The monoisotopic (exact) mass is 565 g/mol. The number of aryl methyl sites for hydroxylation is 1. The minimum Gasteiger partial charge on any atom is -0.366 e. The summed E-state index contributed by atoms with van der Waals surface area (Å²) in [6.45, 7) is 1.75. The highest BCUT2D eigenvalue weighted by Crippen LogP contribution is 2.31. The number of aromatic nitrogens is 3. The number of nitrogens with zero attached hydrogens (tertiary/aromatic N) is 3. The highest BCUT2D eigenvalue weighted by molar-refractivity contribution is 9.10. The van der Waals surface area contributed by atoms with Crippen molar-refractivity contribution in [3.8, 4) is 5.69 Å². The van der Waals surface area contributed by atoms with Crippen LogP contribution in [0.15, 0.2) is 57.8 Å². The van der Waals surface area contributed by atoms with E-state index >= 15 is 0 Å². The Morgan fingerprint density at radius 1 is 1.11 bits per heavy atom. The van der Waals surface area contributed by atoms with E-state index in [1.807, 2.05) is 0 Å². The number of anilines is 1. The quantitative estimate of drug-likeness (QED) is 0.347. The molecule has 2 aromatic heterocycles. The molecule has 0 radical (unpaired) electrons. The first-order valence-electron chi connectivity index (χ1n) is 10.3. The fraction of sp³-hybridized carbons (Fsp3) is 0.130. The van der Waals surface area contributed by atoms with E-state index in [1.54, 1.807) is 31.2 Å². The van der Waals surface area contributed by atoms with Crippen LogP contribution in [0.3, 0.4) is 0 Å². The molecule has 0 saturated carbocycles. The molecule has 186 valence electrons. The van der Waals surface area contributed by atoms with Crippen LogP contribution in [0.1, 0.15) is 33.5 Å². The van der Waals surface area contributed by atoms with Gasteiger partial charge in [0.2, 0.25) is 0 Å². The number of hydrogen-bond acceptors (Lipinski definition) is 4. The van der Waals surface area contributed by atoms with Gasteiger partial charge in [0.1, 0.15) is 17.0 Å². The molecule has 0 saturated heterocycles. The summed E-state index contributed by atoms with van der Waals surface area (Å²) >= 11 is 3.28. The number of hydrogen-bond donors (Lipinski definition) is 2. The van der Waals surface area contributed by atoms with Crippen LogP contribution < -0.4 is 16.6 Å². The maximum absolute atomic E-state index is 13.8. The number of carbonyl (C=O) groups is 2. The summed E-state index contributed by atoms with van der Waals surface area (Å²) < 4.78 is 58.0. The molecule has 0 fully saturated rings. The molecule has 36 heavy (non-hydrogen) atoms. The van der Waals surface area contributed by atoms with Crippen LogP contribution in [0, 0.1) is 5.82 Å². The maximum Gasteiger partial charge on any atom is 0.433 e. The van der Waals surface area contributed by atoms with E-state index in [2.05, 4.69) is 26.2 Å². The van der Waals surface area contributed by atoms with Crippen molar-refractivity contribution in [3.05, 3.63) is 86.1 Å². The fourth-order valence-corrected chi connectivity index (χ4v) is 3.97. The lowest BCUT2D eigenvalue weighted by atomic mass is 10.1. The fourth-order valence-electron chi connectivity index (χ4n) is 3.71. The highest BCUT2D eigenvalue weighted by atomic mass is 79.9. The Labute approximate surface area is 208 Å². The molecular formula is C23H16BrF4N5O3. The number of rotatable bonds is 5. The summed E-state index contributed by atoms with van der Waals surface area (Å²) in [7, 11) is 0. The summed E-state index contributed by atoms with van der Waals surface area (Å²) in [6.07, 6.45) is -4.96. The lowest BCUT2D eigenvalue weighted by Crippen LogP contribution is -2.21.